The predicted octanol–water partition coefficient (Wildman–Crippen LogP) is 3.66. The van der Waals surface area contributed by atoms with Crippen LogP contribution in [0.2, 0.25) is 0 Å². The molecule has 1 amide bonds. The SMILES string of the molecule is CC(C)(C)C1CCC(NC(=O)CN2CCN(Cc3ccc(F)cc3)CC2)CC1. The molecule has 0 radical (unpaired) electrons. The van der Waals surface area contributed by atoms with Crippen LogP contribution in [0.1, 0.15) is 52.0 Å². The van der Waals surface area contributed by atoms with Crippen LogP contribution >= 0.6 is 0 Å². The largest absolute Gasteiger partial charge is 0.352 e. The Morgan fingerprint density at radius 1 is 1.00 bits per heavy atom. The van der Waals surface area contributed by atoms with Gasteiger partial charge in [0.1, 0.15) is 5.82 Å². The number of carbonyl (C=O) groups excluding carboxylic acids is 1. The zero-order valence-corrected chi connectivity index (χ0v) is 17.7. The maximum absolute atomic E-state index is 13.0. The fraction of sp³-hybridized carbons (Fsp3) is 0.696. The summed E-state index contributed by atoms with van der Waals surface area (Å²) < 4.78 is 13.0. The molecule has 1 aliphatic heterocycles. The maximum Gasteiger partial charge on any atom is 0.234 e. The number of halogens is 1. The molecule has 1 heterocycles. The topological polar surface area (TPSA) is 35.6 Å². The molecule has 28 heavy (non-hydrogen) atoms. The van der Waals surface area contributed by atoms with Crippen molar-refractivity contribution < 1.29 is 9.18 Å². The molecule has 5 heteroatoms. The molecular formula is C23H36FN3O. The summed E-state index contributed by atoms with van der Waals surface area (Å²) in [6, 6.07) is 7.09. The predicted molar refractivity (Wildman–Crippen MR) is 111 cm³/mol. The molecule has 1 saturated carbocycles. The number of benzene rings is 1. The first kappa shape index (κ1) is 21.3. The summed E-state index contributed by atoms with van der Waals surface area (Å²) in [4.78, 5) is 17.1. The van der Waals surface area contributed by atoms with Crippen LogP contribution in [-0.2, 0) is 11.3 Å². The molecule has 0 atom stereocenters. The van der Waals surface area contributed by atoms with Gasteiger partial charge in [-0.15, -0.1) is 0 Å². The van der Waals surface area contributed by atoms with Crippen LogP contribution in [0.5, 0.6) is 0 Å². The third-order valence-corrected chi connectivity index (χ3v) is 6.47. The number of rotatable bonds is 5. The Balaban J connectivity index is 1.34. The minimum Gasteiger partial charge on any atom is -0.352 e. The summed E-state index contributed by atoms with van der Waals surface area (Å²) in [7, 11) is 0. The molecule has 0 spiro atoms. The summed E-state index contributed by atoms with van der Waals surface area (Å²) in [5.74, 6) is 0.757. The lowest BCUT2D eigenvalue weighted by Crippen LogP contribution is -2.50. The number of hydrogen-bond donors (Lipinski definition) is 1. The summed E-state index contributed by atoms with van der Waals surface area (Å²) in [5.41, 5.74) is 1.52. The number of hydrogen-bond acceptors (Lipinski definition) is 3. The van der Waals surface area contributed by atoms with Crippen LogP contribution in [0.15, 0.2) is 24.3 Å². The van der Waals surface area contributed by atoms with Crippen molar-refractivity contribution in [1.29, 1.82) is 0 Å². The Hall–Kier alpha value is -1.46. The van der Waals surface area contributed by atoms with Gasteiger partial charge in [-0.05, 0) is 54.7 Å². The summed E-state index contributed by atoms with van der Waals surface area (Å²) in [6.07, 6.45) is 4.66. The second-order valence-corrected chi connectivity index (χ2v) is 9.66. The van der Waals surface area contributed by atoms with Crippen molar-refractivity contribution in [2.45, 2.75) is 59.0 Å². The van der Waals surface area contributed by atoms with Crippen LogP contribution in [0.3, 0.4) is 0 Å². The van der Waals surface area contributed by atoms with E-state index in [0.717, 1.165) is 57.0 Å². The molecule has 1 aromatic carbocycles. The van der Waals surface area contributed by atoms with Crippen molar-refractivity contribution in [3.63, 3.8) is 0 Å². The van der Waals surface area contributed by atoms with Crippen LogP contribution < -0.4 is 5.32 Å². The molecule has 2 aliphatic rings. The lowest BCUT2D eigenvalue weighted by molar-refractivity contribution is -0.123. The van der Waals surface area contributed by atoms with Gasteiger partial charge in [-0.3, -0.25) is 14.6 Å². The highest BCUT2D eigenvalue weighted by molar-refractivity contribution is 5.78. The second-order valence-electron chi connectivity index (χ2n) is 9.66. The van der Waals surface area contributed by atoms with Gasteiger partial charge in [0.15, 0.2) is 0 Å². The van der Waals surface area contributed by atoms with Gasteiger partial charge in [-0.25, -0.2) is 4.39 Å². The molecule has 2 fully saturated rings. The number of nitrogens with one attached hydrogen (secondary N) is 1. The number of carbonyl (C=O) groups is 1. The molecule has 1 aliphatic carbocycles. The maximum atomic E-state index is 13.0. The quantitative estimate of drug-likeness (QED) is 0.835. The average molecular weight is 390 g/mol. The molecule has 4 nitrogen and oxygen atoms in total. The fourth-order valence-electron chi connectivity index (χ4n) is 4.53. The molecule has 0 aromatic heterocycles. The fourth-order valence-corrected chi connectivity index (χ4v) is 4.53. The van der Waals surface area contributed by atoms with Crippen molar-refractivity contribution >= 4 is 5.91 Å². The van der Waals surface area contributed by atoms with E-state index in [2.05, 4.69) is 35.9 Å². The van der Waals surface area contributed by atoms with Gasteiger partial charge >= 0.3 is 0 Å². The van der Waals surface area contributed by atoms with Crippen molar-refractivity contribution in [3.8, 4) is 0 Å². The first-order valence-electron chi connectivity index (χ1n) is 10.8. The normalized spacial score (nSPS) is 24.9. The Bertz CT molecular complexity index is 624. The van der Waals surface area contributed by atoms with Gasteiger partial charge < -0.3 is 5.32 Å². The number of nitrogens with zero attached hydrogens (tertiary/aromatic N) is 2. The summed E-state index contributed by atoms with van der Waals surface area (Å²) >= 11 is 0. The van der Waals surface area contributed by atoms with E-state index in [9.17, 15) is 9.18 Å². The highest BCUT2D eigenvalue weighted by Crippen LogP contribution is 2.37. The lowest BCUT2D eigenvalue weighted by atomic mass is 9.71. The van der Waals surface area contributed by atoms with Gasteiger partial charge in [-0.1, -0.05) is 32.9 Å². The first-order valence-corrected chi connectivity index (χ1v) is 10.8. The molecule has 3 rings (SSSR count). The third-order valence-electron chi connectivity index (χ3n) is 6.47. The molecular weight excluding hydrogens is 353 g/mol. The zero-order valence-electron chi connectivity index (χ0n) is 17.7. The minimum absolute atomic E-state index is 0.172. The van der Waals surface area contributed by atoms with Crippen molar-refractivity contribution in [3.05, 3.63) is 35.6 Å². The molecule has 156 valence electrons. The van der Waals surface area contributed by atoms with Gasteiger partial charge in [0.25, 0.3) is 0 Å². The zero-order chi connectivity index (χ0) is 20.1. The van der Waals surface area contributed by atoms with Gasteiger partial charge in [0.05, 0.1) is 6.54 Å². The third kappa shape index (κ3) is 6.28. The standard InChI is InChI=1S/C23H36FN3O/c1-23(2,3)19-6-10-21(11-7-19)25-22(28)17-27-14-12-26(13-15-27)16-18-4-8-20(24)9-5-18/h4-5,8-9,19,21H,6-7,10-17H2,1-3H3,(H,25,28). The van der Waals surface area contributed by atoms with Crippen LogP contribution in [0.4, 0.5) is 4.39 Å². The molecule has 0 bridgehead atoms. The van der Waals surface area contributed by atoms with Crippen LogP contribution in [0, 0.1) is 17.2 Å². The monoisotopic (exact) mass is 389 g/mol. The van der Waals surface area contributed by atoms with E-state index < -0.39 is 0 Å². The van der Waals surface area contributed by atoms with Gasteiger partial charge in [-0.2, -0.15) is 0 Å². The van der Waals surface area contributed by atoms with E-state index in [-0.39, 0.29) is 11.7 Å². The van der Waals surface area contributed by atoms with E-state index in [1.165, 1.54) is 25.0 Å². The summed E-state index contributed by atoms with van der Waals surface area (Å²) in [5, 5.41) is 3.26. The van der Waals surface area contributed by atoms with Gasteiger partial charge in [0.2, 0.25) is 5.91 Å². The van der Waals surface area contributed by atoms with E-state index in [0.29, 0.717) is 18.0 Å². The van der Waals surface area contributed by atoms with E-state index >= 15 is 0 Å². The highest BCUT2D eigenvalue weighted by atomic mass is 19.1. The Labute approximate surface area is 169 Å². The number of amides is 1. The number of piperazine rings is 1. The van der Waals surface area contributed by atoms with Crippen LogP contribution in [-0.4, -0.2) is 54.5 Å². The Morgan fingerprint density at radius 3 is 2.14 bits per heavy atom. The second kappa shape index (κ2) is 9.36. The molecule has 1 saturated heterocycles. The van der Waals surface area contributed by atoms with Gasteiger partial charge in [0, 0.05) is 38.8 Å². The molecule has 0 unspecified atom stereocenters. The highest BCUT2D eigenvalue weighted by Gasteiger charge is 2.30. The lowest BCUT2D eigenvalue weighted by Gasteiger charge is -2.38. The summed E-state index contributed by atoms with van der Waals surface area (Å²) in [6.45, 7) is 12.0. The van der Waals surface area contributed by atoms with Crippen molar-refractivity contribution in [2.75, 3.05) is 32.7 Å². The Kier molecular flexibility index (Phi) is 7.10. The smallest absolute Gasteiger partial charge is 0.234 e. The minimum atomic E-state index is -0.188. The molecule has 1 N–H and O–H groups in total. The van der Waals surface area contributed by atoms with Crippen molar-refractivity contribution in [1.82, 2.24) is 15.1 Å². The van der Waals surface area contributed by atoms with E-state index in [1.54, 1.807) is 0 Å². The van der Waals surface area contributed by atoms with Crippen LogP contribution in [0.25, 0.3) is 0 Å². The first-order chi connectivity index (χ1) is 13.3. The van der Waals surface area contributed by atoms with Crippen molar-refractivity contribution in [2.24, 2.45) is 11.3 Å². The molecule has 1 aromatic rings. The van der Waals surface area contributed by atoms with E-state index in [1.807, 2.05) is 12.1 Å². The Morgan fingerprint density at radius 2 is 1.57 bits per heavy atom. The average Bonchev–Trinajstić information content (AvgIpc) is 2.65. The van der Waals surface area contributed by atoms with E-state index in [4.69, 9.17) is 0 Å².